The molecule has 1 aromatic carbocycles. The normalized spacial score (nSPS) is 10.0. The molecule has 0 aliphatic carbocycles. The number of phenolic OH excluding ortho intramolecular Hbond substituents is 1. The number of aryl methyl sites for hydroxylation is 1. The van der Waals surface area contributed by atoms with Gasteiger partial charge in [-0.05, 0) is 25.5 Å². The lowest BCUT2D eigenvalue weighted by atomic mass is 10.1. The second-order valence-electron chi connectivity index (χ2n) is 2.68. The van der Waals surface area contributed by atoms with E-state index in [-0.39, 0.29) is 5.75 Å². The minimum atomic E-state index is 0.166. The third-order valence-corrected chi connectivity index (χ3v) is 2.23. The fraction of sp³-hybridized carbons (Fsp3) is 0.333. The Morgan fingerprint density at radius 2 is 2.00 bits per heavy atom. The van der Waals surface area contributed by atoms with E-state index in [0.717, 1.165) is 11.1 Å². The van der Waals surface area contributed by atoms with Gasteiger partial charge in [0, 0.05) is 10.6 Å². The molecule has 0 bridgehead atoms. The Morgan fingerprint density at radius 3 is 2.50 bits per heavy atom. The summed E-state index contributed by atoms with van der Waals surface area (Å²) in [6.45, 7) is 3.59. The number of hydrogen-bond donors (Lipinski definition) is 1. The van der Waals surface area contributed by atoms with Crippen molar-refractivity contribution in [1.82, 2.24) is 0 Å². The fourth-order valence-electron chi connectivity index (χ4n) is 1.08. The van der Waals surface area contributed by atoms with E-state index in [1.54, 1.807) is 19.9 Å². The molecule has 0 fully saturated rings. The van der Waals surface area contributed by atoms with Crippen LogP contribution in [0.15, 0.2) is 6.07 Å². The minimum absolute atomic E-state index is 0.166. The van der Waals surface area contributed by atoms with E-state index < -0.39 is 0 Å². The first-order valence-electron chi connectivity index (χ1n) is 3.60. The van der Waals surface area contributed by atoms with Gasteiger partial charge in [-0.25, -0.2) is 0 Å². The first-order valence-corrected chi connectivity index (χ1v) is 3.98. The molecule has 0 amide bonds. The lowest BCUT2D eigenvalue weighted by molar-refractivity contribution is 0.369. The van der Waals surface area contributed by atoms with Crippen molar-refractivity contribution in [3.8, 4) is 11.5 Å². The van der Waals surface area contributed by atoms with Crippen molar-refractivity contribution in [2.75, 3.05) is 7.11 Å². The number of phenols is 1. The quantitative estimate of drug-likeness (QED) is 0.731. The van der Waals surface area contributed by atoms with Crippen LogP contribution < -0.4 is 4.74 Å². The topological polar surface area (TPSA) is 29.5 Å². The van der Waals surface area contributed by atoms with Gasteiger partial charge in [-0.1, -0.05) is 11.6 Å². The van der Waals surface area contributed by atoms with Crippen molar-refractivity contribution in [1.29, 1.82) is 0 Å². The van der Waals surface area contributed by atoms with Gasteiger partial charge in [-0.15, -0.1) is 0 Å². The standard InChI is InChI=1S/C9H11ClO2/c1-5-4-7(10)6(2)9(12-3)8(5)11/h4,11H,1-3H3. The minimum Gasteiger partial charge on any atom is -0.504 e. The van der Waals surface area contributed by atoms with E-state index in [2.05, 4.69) is 0 Å². The predicted octanol–water partition coefficient (Wildman–Crippen LogP) is 2.67. The highest BCUT2D eigenvalue weighted by Crippen LogP contribution is 2.37. The second kappa shape index (κ2) is 3.23. The molecule has 0 radical (unpaired) electrons. The molecule has 66 valence electrons. The number of aromatic hydroxyl groups is 1. The highest BCUT2D eigenvalue weighted by molar-refractivity contribution is 6.31. The van der Waals surface area contributed by atoms with Crippen LogP contribution >= 0.6 is 11.6 Å². The Labute approximate surface area is 76.7 Å². The summed E-state index contributed by atoms with van der Waals surface area (Å²) >= 11 is 5.88. The van der Waals surface area contributed by atoms with Crippen molar-refractivity contribution in [2.24, 2.45) is 0 Å². The smallest absolute Gasteiger partial charge is 0.165 e. The average Bonchev–Trinajstić information content (AvgIpc) is 2.02. The zero-order chi connectivity index (χ0) is 9.30. The first kappa shape index (κ1) is 9.20. The van der Waals surface area contributed by atoms with Crippen LogP contribution in [0.3, 0.4) is 0 Å². The zero-order valence-corrected chi connectivity index (χ0v) is 8.07. The van der Waals surface area contributed by atoms with Crippen LogP contribution in [0.2, 0.25) is 5.02 Å². The average molecular weight is 187 g/mol. The monoisotopic (exact) mass is 186 g/mol. The maximum Gasteiger partial charge on any atom is 0.165 e. The van der Waals surface area contributed by atoms with Crippen LogP contribution in [-0.4, -0.2) is 12.2 Å². The van der Waals surface area contributed by atoms with Gasteiger partial charge >= 0.3 is 0 Å². The van der Waals surface area contributed by atoms with Crippen molar-refractivity contribution in [3.05, 3.63) is 22.2 Å². The van der Waals surface area contributed by atoms with Crippen molar-refractivity contribution < 1.29 is 9.84 Å². The molecule has 0 aromatic heterocycles. The molecule has 0 spiro atoms. The molecule has 0 heterocycles. The van der Waals surface area contributed by atoms with E-state index in [0.29, 0.717) is 10.8 Å². The predicted molar refractivity (Wildman–Crippen MR) is 49.1 cm³/mol. The van der Waals surface area contributed by atoms with Crippen molar-refractivity contribution in [3.63, 3.8) is 0 Å². The molecule has 1 aromatic rings. The van der Waals surface area contributed by atoms with Gasteiger partial charge in [0.05, 0.1) is 7.11 Å². The largest absolute Gasteiger partial charge is 0.504 e. The lowest BCUT2D eigenvalue weighted by Gasteiger charge is -2.10. The second-order valence-corrected chi connectivity index (χ2v) is 3.09. The summed E-state index contributed by atoms with van der Waals surface area (Å²) in [7, 11) is 1.51. The summed E-state index contributed by atoms with van der Waals surface area (Å²) < 4.78 is 5.00. The molecule has 3 heteroatoms. The third kappa shape index (κ3) is 1.34. The zero-order valence-electron chi connectivity index (χ0n) is 7.31. The number of benzene rings is 1. The first-order chi connectivity index (χ1) is 5.57. The molecule has 1 N–H and O–H groups in total. The van der Waals surface area contributed by atoms with Gasteiger partial charge < -0.3 is 9.84 Å². The summed E-state index contributed by atoms with van der Waals surface area (Å²) in [6.07, 6.45) is 0. The van der Waals surface area contributed by atoms with Crippen LogP contribution in [0.5, 0.6) is 11.5 Å². The van der Waals surface area contributed by atoms with Crippen LogP contribution in [0.4, 0.5) is 0 Å². The van der Waals surface area contributed by atoms with Crippen LogP contribution in [0.25, 0.3) is 0 Å². The van der Waals surface area contributed by atoms with Gasteiger partial charge in [0.2, 0.25) is 0 Å². The number of methoxy groups -OCH3 is 1. The molecule has 12 heavy (non-hydrogen) atoms. The Hall–Kier alpha value is -0.890. The molecule has 1 rings (SSSR count). The fourth-order valence-corrected chi connectivity index (χ4v) is 1.33. The molecule has 0 unspecified atom stereocenters. The highest BCUT2D eigenvalue weighted by Gasteiger charge is 2.11. The van der Waals surface area contributed by atoms with Crippen LogP contribution in [0.1, 0.15) is 11.1 Å². The van der Waals surface area contributed by atoms with Crippen molar-refractivity contribution >= 4 is 11.6 Å². The summed E-state index contributed by atoms with van der Waals surface area (Å²) in [5.41, 5.74) is 1.49. The molecule has 0 aliphatic heterocycles. The number of rotatable bonds is 1. The van der Waals surface area contributed by atoms with E-state index in [1.165, 1.54) is 7.11 Å². The number of hydrogen-bond acceptors (Lipinski definition) is 2. The van der Waals surface area contributed by atoms with Crippen LogP contribution in [0, 0.1) is 13.8 Å². The molecular weight excluding hydrogens is 176 g/mol. The van der Waals surface area contributed by atoms with Gasteiger partial charge in [0.1, 0.15) is 0 Å². The van der Waals surface area contributed by atoms with E-state index in [9.17, 15) is 5.11 Å². The third-order valence-electron chi connectivity index (χ3n) is 1.83. The molecule has 2 nitrogen and oxygen atoms in total. The number of ether oxygens (including phenoxy) is 1. The van der Waals surface area contributed by atoms with Crippen molar-refractivity contribution in [2.45, 2.75) is 13.8 Å². The van der Waals surface area contributed by atoms with E-state index >= 15 is 0 Å². The summed E-state index contributed by atoms with van der Waals surface area (Å²) in [4.78, 5) is 0. The molecular formula is C9H11ClO2. The molecule has 0 saturated heterocycles. The lowest BCUT2D eigenvalue weighted by Crippen LogP contribution is -1.90. The maximum absolute atomic E-state index is 9.52. The summed E-state index contributed by atoms with van der Waals surface area (Å²) in [5, 5.41) is 10.1. The Morgan fingerprint density at radius 1 is 1.42 bits per heavy atom. The van der Waals surface area contributed by atoms with Gasteiger partial charge in [-0.3, -0.25) is 0 Å². The SMILES string of the molecule is COc1c(C)c(Cl)cc(C)c1O. The maximum atomic E-state index is 9.52. The summed E-state index contributed by atoms with van der Waals surface area (Å²) in [6, 6.07) is 1.72. The van der Waals surface area contributed by atoms with Crippen LogP contribution in [-0.2, 0) is 0 Å². The number of halogens is 1. The molecule has 0 atom stereocenters. The van der Waals surface area contributed by atoms with Gasteiger partial charge in [0.25, 0.3) is 0 Å². The Bertz CT molecular complexity index is 282. The molecule has 0 saturated carbocycles. The highest BCUT2D eigenvalue weighted by atomic mass is 35.5. The van der Waals surface area contributed by atoms with E-state index in [4.69, 9.17) is 16.3 Å². The van der Waals surface area contributed by atoms with Gasteiger partial charge in [0.15, 0.2) is 11.5 Å². The molecule has 0 aliphatic rings. The summed E-state index contributed by atoms with van der Waals surface area (Å²) in [5.74, 6) is 0.624. The Kier molecular flexibility index (Phi) is 2.48. The van der Waals surface area contributed by atoms with E-state index in [1.807, 2.05) is 0 Å². The Balaban J connectivity index is 3.42. The van der Waals surface area contributed by atoms with Gasteiger partial charge in [-0.2, -0.15) is 0 Å².